The molecule has 0 spiro atoms. The number of likely N-dealkylation sites (N-methyl/N-ethyl adjacent to an activating group) is 1. The van der Waals surface area contributed by atoms with E-state index in [1.54, 1.807) is 19.9 Å². The molecule has 9 N–H and O–H groups in total. The van der Waals surface area contributed by atoms with Crippen molar-refractivity contribution < 1.29 is 110 Å². The smallest absolute Gasteiger partial charge is 0.497 e. The number of ether oxygens (including phenoxy) is 6. The molecule has 0 radical (unpaired) electrons. The van der Waals surface area contributed by atoms with Crippen LogP contribution in [-0.4, -0.2) is 207 Å². The van der Waals surface area contributed by atoms with Gasteiger partial charge in [-0.25, -0.2) is 14.6 Å². The highest BCUT2D eigenvalue weighted by Gasteiger charge is 2.50. The third-order valence-corrected chi connectivity index (χ3v) is 15.7. The van der Waals surface area contributed by atoms with Crippen molar-refractivity contribution >= 4 is 79.5 Å². The van der Waals surface area contributed by atoms with Crippen LogP contribution in [0.25, 0.3) is 26.9 Å². The molecule has 33 heteroatoms. The highest BCUT2D eigenvalue weighted by molar-refractivity contribution is 7.82. The molecular formula is C56H59ClN8O23S. The van der Waals surface area contributed by atoms with E-state index in [2.05, 4.69) is 20.3 Å². The summed E-state index contributed by atoms with van der Waals surface area (Å²) in [6.45, 7) is 3.81. The molecule has 2 saturated heterocycles. The van der Waals surface area contributed by atoms with E-state index in [4.69, 9.17) is 53.9 Å². The van der Waals surface area contributed by atoms with E-state index in [9.17, 15) is 73.2 Å². The van der Waals surface area contributed by atoms with Gasteiger partial charge in [0.1, 0.15) is 59.5 Å². The number of pyridine rings is 1. The maximum Gasteiger partial charge on any atom is 0.501 e. The van der Waals surface area contributed by atoms with E-state index >= 15 is 0 Å². The van der Waals surface area contributed by atoms with Gasteiger partial charge in [-0.3, -0.25) is 14.4 Å². The molecule has 2 fully saturated rings. The number of halogens is 1. The van der Waals surface area contributed by atoms with Crippen molar-refractivity contribution in [3.63, 3.8) is 0 Å². The number of aliphatic hydroxyl groups is 6. The van der Waals surface area contributed by atoms with E-state index in [0.29, 0.717) is 16.7 Å². The van der Waals surface area contributed by atoms with E-state index < -0.39 is 131 Å². The van der Waals surface area contributed by atoms with Gasteiger partial charge in [-0.1, -0.05) is 12.0 Å². The molecule has 9 rings (SSSR count). The number of nitrogens with one attached hydrogen (secondary N) is 1. The standard InChI is InChI=1S/C56H59ClN8O23S/c1-25(19-59-62-58)24-82-26(2)20-63(3)51(73)28-7-13-37(84-56-47(71)43(67)45(69)49(86-56)54(77)78)39(15-28)88-89(79,80)87-38-17-36-41(34-16-32(81-4)11-12-33(34)38)29(18-57)21-65(36)52(74)35-23-64-22-30(8-14-40(64)61-35)60-50(72)27-5-9-31(10-6-27)83-55-46(70)42(66)44(68)48(85-55)53(75)76/h5-17,22-23,25-26,29,42-49,55-56,66-71H,18-21,24H2,1-4H3,(H,60,72)(H,75,76)(H,77,78)/t25?,26?,29-,42+,43+,44+,45+,46-,47-,48+,49+,55-,56-/m1/s1. The van der Waals surface area contributed by atoms with Crippen molar-refractivity contribution in [1.82, 2.24) is 14.3 Å². The normalized spacial score (nSPS) is 23.9. The molecule has 89 heavy (non-hydrogen) atoms. The third-order valence-electron chi connectivity index (χ3n) is 14.6. The first-order chi connectivity index (χ1) is 42.3. The van der Waals surface area contributed by atoms with Gasteiger partial charge in [0, 0.05) is 85.0 Å². The molecule has 3 aliphatic rings. The lowest BCUT2D eigenvalue weighted by atomic mass is 9.95. The maximum atomic E-state index is 14.7. The number of carboxylic acid groups (broad SMARTS) is 2. The summed E-state index contributed by atoms with van der Waals surface area (Å²) in [6, 6.07) is 17.4. The fourth-order valence-electron chi connectivity index (χ4n) is 10.0. The zero-order valence-electron chi connectivity index (χ0n) is 47.3. The number of nitrogens with zero attached hydrogens (tertiary/aromatic N) is 7. The van der Waals surface area contributed by atoms with Crippen LogP contribution in [0.1, 0.15) is 56.5 Å². The number of aliphatic carboxylic acids is 2. The highest BCUT2D eigenvalue weighted by atomic mass is 35.5. The molecule has 5 heterocycles. The number of carbonyl (C=O) groups is 5. The number of methoxy groups -OCH3 is 1. The number of imidazole rings is 1. The molecule has 2 unspecified atom stereocenters. The molecule has 474 valence electrons. The number of alkyl halides is 1. The Morgan fingerprint density at radius 3 is 2.04 bits per heavy atom. The second kappa shape index (κ2) is 27.0. The lowest BCUT2D eigenvalue weighted by Crippen LogP contribution is -2.61. The lowest BCUT2D eigenvalue weighted by Gasteiger charge is -2.38. The van der Waals surface area contributed by atoms with E-state index in [-0.39, 0.29) is 83.0 Å². The van der Waals surface area contributed by atoms with Gasteiger partial charge < -0.3 is 97.2 Å². The number of anilines is 2. The Labute approximate surface area is 509 Å². The first-order valence-electron chi connectivity index (χ1n) is 27.1. The van der Waals surface area contributed by atoms with E-state index in [1.807, 2.05) is 0 Å². The number of hydrogen-bond donors (Lipinski definition) is 9. The van der Waals surface area contributed by atoms with Gasteiger partial charge in [-0.2, -0.15) is 0 Å². The molecule has 0 saturated carbocycles. The first kappa shape index (κ1) is 64.8. The number of azide groups is 1. The summed E-state index contributed by atoms with van der Waals surface area (Å²) in [5.41, 5.74) is 9.63. The minimum absolute atomic E-state index is 0.00715. The lowest BCUT2D eigenvalue weighted by molar-refractivity contribution is -0.271. The predicted molar refractivity (Wildman–Crippen MR) is 307 cm³/mol. The zero-order valence-corrected chi connectivity index (χ0v) is 48.9. The predicted octanol–water partition coefficient (Wildman–Crippen LogP) is 2.40. The van der Waals surface area contributed by atoms with Crippen LogP contribution in [0.5, 0.6) is 28.7 Å². The van der Waals surface area contributed by atoms with Gasteiger partial charge in [0.15, 0.2) is 29.5 Å². The van der Waals surface area contributed by atoms with Gasteiger partial charge in [0.2, 0.25) is 12.6 Å². The first-order valence-corrected chi connectivity index (χ1v) is 28.9. The monoisotopic (exact) mass is 1280 g/mol. The molecule has 0 aliphatic carbocycles. The molecule has 13 atom stereocenters. The highest BCUT2D eigenvalue weighted by Crippen LogP contribution is 2.48. The Morgan fingerprint density at radius 2 is 1.42 bits per heavy atom. The van der Waals surface area contributed by atoms with Crippen LogP contribution < -0.4 is 32.8 Å². The van der Waals surface area contributed by atoms with Gasteiger partial charge in [0.05, 0.1) is 24.6 Å². The quantitative estimate of drug-likeness (QED) is 0.0192. The number of aromatic nitrogens is 2. The number of fused-ring (bicyclic) bond motifs is 4. The van der Waals surface area contributed by atoms with Crippen LogP contribution in [0.15, 0.2) is 96.4 Å². The number of carbonyl (C=O) groups excluding carboxylic acids is 3. The van der Waals surface area contributed by atoms with E-state index in [0.717, 1.165) is 12.1 Å². The third kappa shape index (κ3) is 14.1. The molecule has 4 aromatic carbocycles. The molecule has 3 amide bonds. The molecule has 0 bridgehead atoms. The molecule has 2 aromatic heterocycles. The van der Waals surface area contributed by atoms with Crippen LogP contribution in [0.2, 0.25) is 0 Å². The van der Waals surface area contributed by atoms with Gasteiger partial charge in [-0.15, -0.1) is 20.0 Å². The minimum atomic E-state index is -5.41. The SMILES string of the molecule is COc1ccc2c(OS(=O)(=O)Oc3cc(C(=O)N(C)CC(C)OCC(C)CN=[N+]=[N-])ccc3O[C@@H]3O[C@H](C(=O)O)[C@@H](O)[C@H](O)[C@H]3O)cc3c(c2c1)[C@H](CCl)CN3C(=O)c1cn2cc(NC(=O)c3ccc(O[C@@H]4O[C@H](C(=O)O)[C@@H](O)[C@H](O)[C@H]4O)cc3)ccc2n1. The van der Waals surface area contributed by atoms with Crippen molar-refractivity contribution in [3.8, 4) is 28.7 Å². The molecule has 31 nitrogen and oxygen atoms in total. The molecule has 6 aromatic rings. The number of carboxylic acids is 2. The number of rotatable bonds is 23. The number of benzene rings is 4. The van der Waals surface area contributed by atoms with Crippen molar-refractivity contribution in [3.05, 3.63) is 124 Å². The summed E-state index contributed by atoms with van der Waals surface area (Å²) in [6.07, 6.45) is -17.5. The fourth-order valence-corrected chi connectivity index (χ4v) is 11.0. The van der Waals surface area contributed by atoms with Crippen molar-refractivity contribution in [2.45, 2.75) is 87.3 Å². The van der Waals surface area contributed by atoms with Crippen LogP contribution in [-0.2, 0) is 34.2 Å². The molecular weight excluding hydrogens is 1220 g/mol. The summed E-state index contributed by atoms with van der Waals surface area (Å²) < 4.78 is 74.7. The number of amides is 3. The van der Waals surface area contributed by atoms with Crippen molar-refractivity contribution in [2.24, 2.45) is 11.0 Å². The second-order valence-electron chi connectivity index (χ2n) is 21.1. The minimum Gasteiger partial charge on any atom is -0.497 e. The molecule has 3 aliphatic heterocycles. The summed E-state index contributed by atoms with van der Waals surface area (Å²) >= 11 is 6.59. The summed E-state index contributed by atoms with van der Waals surface area (Å²) in [7, 11) is -2.57. The second-order valence-corrected chi connectivity index (χ2v) is 22.5. The Morgan fingerprint density at radius 1 is 0.787 bits per heavy atom. The number of aliphatic hydroxyl groups excluding tert-OH is 6. The maximum absolute atomic E-state index is 14.7. The average molecular weight is 1280 g/mol. The van der Waals surface area contributed by atoms with Gasteiger partial charge in [-0.05, 0) is 102 Å². The fraction of sp³-hybridized carbons (Fsp3) is 0.393. The van der Waals surface area contributed by atoms with Crippen LogP contribution >= 0.6 is 11.6 Å². The summed E-state index contributed by atoms with van der Waals surface area (Å²) in [4.78, 5) is 75.4. The Kier molecular flexibility index (Phi) is 19.7. The zero-order chi connectivity index (χ0) is 64.3. The average Bonchev–Trinajstić information content (AvgIpc) is 1.74. The largest absolute Gasteiger partial charge is 0.501 e. The van der Waals surface area contributed by atoms with Crippen LogP contribution in [0.3, 0.4) is 0 Å². The van der Waals surface area contributed by atoms with E-state index in [1.165, 1.54) is 101 Å². The summed E-state index contributed by atoms with van der Waals surface area (Å²) in [5.74, 6) is -7.50. The van der Waals surface area contributed by atoms with Gasteiger partial charge in [0.25, 0.3) is 17.7 Å². The summed E-state index contributed by atoms with van der Waals surface area (Å²) in [5, 5.41) is 88.0. The van der Waals surface area contributed by atoms with Gasteiger partial charge >= 0.3 is 22.3 Å². The van der Waals surface area contributed by atoms with Crippen molar-refractivity contribution in [2.75, 3.05) is 56.5 Å². The number of hydrogen-bond acceptors (Lipinski definition) is 23. The van der Waals surface area contributed by atoms with Crippen LogP contribution in [0, 0.1) is 5.92 Å². The topological polar surface area (TPSA) is 440 Å². The van der Waals surface area contributed by atoms with Crippen LogP contribution in [0.4, 0.5) is 11.4 Å². The Bertz CT molecular complexity index is 3840. The van der Waals surface area contributed by atoms with Crippen molar-refractivity contribution in [1.29, 1.82) is 0 Å². The Balaban J connectivity index is 0.973. The Hall–Kier alpha value is -8.63.